The molecule has 0 spiro atoms. The number of benzene rings is 1. The summed E-state index contributed by atoms with van der Waals surface area (Å²) in [5, 5.41) is 3.17. The number of ether oxygens (including phenoxy) is 2. The average molecular weight is 243 g/mol. The normalized spacial score (nSPS) is 17.3. The molecule has 2 aliphatic heterocycles. The zero-order valence-corrected chi connectivity index (χ0v) is 10.0. The number of methoxy groups -OCH3 is 1. The summed E-state index contributed by atoms with van der Waals surface area (Å²) in [4.78, 5) is 12.5. The van der Waals surface area contributed by atoms with Crippen LogP contribution in [0.5, 0.6) is 11.5 Å². The molecule has 0 bridgehead atoms. The summed E-state index contributed by atoms with van der Waals surface area (Å²) in [5.41, 5.74) is 1.96. The number of carbonyl (C=O) groups excluding carboxylic acids is 1. The molecule has 3 rings (SSSR count). The third kappa shape index (κ3) is 1.66. The maximum Gasteiger partial charge on any atom is 0.198 e. The lowest BCUT2D eigenvalue weighted by molar-refractivity contribution is 0.103. The van der Waals surface area contributed by atoms with Crippen LogP contribution in [0.15, 0.2) is 41.8 Å². The van der Waals surface area contributed by atoms with Crippen LogP contribution in [-0.2, 0) is 0 Å². The molecule has 0 radical (unpaired) electrons. The molecule has 1 aromatic rings. The third-order valence-electron chi connectivity index (χ3n) is 3.08. The van der Waals surface area contributed by atoms with E-state index in [-0.39, 0.29) is 5.78 Å². The van der Waals surface area contributed by atoms with Crippen molar-refractivity contribution >= 4 is 5.78 Å². The second-order valence-electron chi connectivity index (χ2n) is 4.17. The van der Waals surface area contributed by atoms with Crippen molar-refractivity contribution in [2.75, 3.05) is 13.7 Å². The highest BCUT2D eigenvalue weighted by Gasteiger charge is 2.25. The van der Waals surface area contributed by atoms with Crippen LogP contribution < -0.4 is 14.8 Å². The quantitative estimate of drug-likeness (QED) is 0.819. The van der Waals surface area contributed by atoms with E-state index in [1.807, 2.05) is 6.08 Å². The van der Waals surface area contributed by atoms with E-state index in [0.717, 1.165) is 18.7 Å². The number of hydrogen-bond acceptors (Lipinski definition) is 4. The van der Waals surface area contributed by atoms with Gasteiger partial charge in [0.1, 0.15) is 17.8 Å². The van der Waals surface area contributed by atoms with Crippen molar-refractivity contribution < 1.29 is 14.3 Å². The van der Waals surface area contributed by atoms with Crippen LogP contribution in [0, 0.1) is 0 Å². The molecule has 0 amide bonds. The largest absolute Gasteiger partial charge is 0.497 e. The molecule has 2 heterocycles. The zero-order chi connectivity index (χ0) is 12.5. The van der Waals surface area contributed by atoms with Gasteiger partial charge in [-0.05, 0) is 24.6 Å². The first kappa shape index (κ1) is 10.9. The van der Waals surface area contributed by atoms with Crippen LogP contribution in [0.4, 0.5) is 0 Å². The minimum Gasteiger partial charge on any atom is -0.497 e. The number of allylic oxidation sites excluding steroid dienone is 1. The van der Waals surface area contributed by atoms with E-state index in [1.54, 1.807) is 31.6 Å². The van der Waals surface area contributed by atoms with Crippen molar-refractivity contribution in [2.24, 2.45) is 0 Å². The summed E-state index contributed by atoms with van der Waals surface area (Å²) in [6.45, 7) is 0.825. The zero-order valence-electron chi connectivity index (χ0n) is 10.0. The van der Waals surface area contributed by atoms with Gasteiger partial charge in [-0.25, -0.2) is 0 Å². The number of Topliss-reactive ketones (excluding diaryl/α,β-unsaturated/α-hetero) is 1. The van der Waals surface area contributed by atoms with Crippen LogP contribution in [0.2, 0.25) is 0 Å². The average Bonchev–Trinajstić information content (AvgIpc) is 2.57. The molecular weight excluding hydrogens is 230 g/mol. The van der Waals surface area contributed by atoms with Gasteiger partial charge in [-0.15, -0.1) is 0 Å². The molecule has 92 valence electrons. The number of fused-ring (bicyclic) bond motifs is 2. The molecule has 0 fully saturated rings. The van der Waals surface area contributed by atoms with E-state index in [2.05, 4.69) is 5.32 Å². The minimum atomic E-state index is -0.0279. The Morgan fingerprint density at radius 1 is 1.39 bits per heavy atom. The van der Waals surface area contributed by atoms with Crippen LogP contribution >= 0.6 is 0 Å². The van der Waals surface area contributed by atoms with E-state index < -0.39 is 0 Å². The smallest absolute Gasteiger partial charge is 0.198 e. The molecule has 0 aromatic heterocycles. The summed E-state index contributed by atoms with van der Waals surface area (Å²) >= 11 is 0. The standard InChI is InChI=1S/C14H13NO3/c1-17-9-4-5-13-11(7-9)14(16)10-3-2-6-15-12(10)8-18-13/h3-5,7-8,15H,2,6H2,1H3. The van der Waals surface area contributed by atoms with E-state index in [4.69, 9.17) is 9.47 Å². The lowest BCUT2D eigenvalue weighted by Crippen LogP contribution is -2.23. The van der Waals surface area contributed by atoms with E-state index in [0.29, 0.717) is 22.6 Å². The topological polar surface area (TPSA) is 47.6 Å². The number of ketones is 1. The maximum absolute atomic E-state index is 12.5. The minimum absolute atomic E-state index is 0.0279. The molecule has 18 heavy (non-hydrogen) atoms. The molecule has 0 saturated heterocycles. The highest BCUT2D eigenvalue weighted by Crippen LogP contribution is 2.31. The Morgan fingerprint density at radius 3 is 3.11 bits per heavy atom. The predicted molar refractivity (Wildman–Crippen MR) is 66.7 cm³/mol. The number of nitrogens with one attached hydrogen (secondary N) is 1. The molecular formula is C14H13NO3. The van der Waals surface area contributed by atoms with Gasteiger partial charge in [-0.2, -0.15) is 0 Å². The van der Waals surface area contributed by atoms with Gasteiger partial charge in [0.15, 0.2) is 5.78 Å². The van der Waals surface area contributed by atoms with Crippen LogP contribution in [-0.4, -0.2) is 19.4 Å². The fourth-order valence-corrected chi connectivity index (χ4v) is 2.13. The first-order valence-corrected chi connectivity index (χ1v) is 5.83. The van der Waals surface area contributed by atoms with Crippen LogP contribution in [0.1, 0.15) is 16.8 Å². The van der Waals surface area contributed by atoms with Crippen molar-refractivity contribution in [1.82, 2.24) is 5.32 Å². The first-order valence-electron chi connectivity index (χ1n) is 5.83. The highest BCUT2D eigenvalue weighted by atomic mass is 16.5. The van der Waals surface area contributed by atoms with Crippen molar-refractivity contribution in [3.8, 4) is 11.5 Å². The summed E-state index contributed by atoms with van der Waals surface area (Å²) in [5.74, 6) is 1.18. The second kappa shape index (κ2) is 4.22. The fraction of sp³-hybridized carbons (Fsp3) is 0.214. The lowest BCUT2D eigenvalue weighted by atomic mass is 9.98. The summed E-state index contributed by atoms with van der Waals surface area (Å²) in [6, 6.07) is 5.24. The first-order chi connectivity index (χ1) is 8.79. The Hall–Kier alpha value is -2.23. The summed E-state index contributed by atoms with van der Waals surface area (Å²) < 4.78 is 10.7. The molecule has 2 aliphatic rings. The van der Waals surface area contributed by atoms with Gasteiger partial charge in [0.25, 0.3) is 0 Å². The summed E-state index contributed by atoms with van der Waals surface area (Å²) in [6.07, 6.45) is 4.39. The van der Waals surface area contributed by atoms with Gasteiger partial charge in [-0.1, -0.05) is 6.08 Å². The van der Waals surface area contributed by atoms with Gasteiger partial charge >= 0.3 is 0 Å². The van der Waals surface area contributed by atoms with Gasteiger partial charge in [-0.3, -0.25) is 4.79 Å². The molecule has 0 saturated carbocycles. The molecule has 0 unspecified atom stereocenters. The molecule has 4 heteroatoms. The Balaban J connectivity index is 2.12. The van der Waals surface area contributed by atoms with Gasteiger partial charge in [0, 0.05) is 12.1 Å². The van der Waals surface area contributed by atoms with Crippen LogP contribution in [0.3, 0.4) is 0 Å². The van der Waals surface area contributed by atoms with Crippen molar-refractivity contribution in [1.29, 1.82) is 0 Å². The second-order valence-corrected chi connectivity index (χ2v) is 4.17. The molecule has 0 aliphatic carbocycles. The van der Waals surface area contributed by atoms with E-state index >= 15 is 0 Å². The Bertz CT molecular complexity index is 572. The SMILES string of the molecule is COc1ccc2c(c1)C(=O)C1=CCCNC1=CO2. The van der Waals surface area contributed by atoms with Crippen molar-refractivity contribution in [3.05, 3.63) is 47.4 Å². The van der Waals surface area contributed by atoms with Gasteiger partial charge in [0.05, 0.1) is 18.4 Å². The molecule has 0 atom stereocenters. The van der Waals surface area contributed by atoms with Crippen molar-refractivity contribution in [2.45, 2.75) is 6.42 Å². The third-order valence-corrected chi connectivity index (χ3v) is 3.08. The predicted octanol–water partition coefficient (Wildman–Crippen LogP) is 2.03. The maximum atomic E-state index is 12.5. The molecule has 1 aromatic carbocycles. The molecule has 1 N–H and O–H groups in total. The summed E-state index contributed by atoms with van der Waals surface area (Å²) in [7, 11) is 1.58. The number of carbonyl (C=O) groups is 1. The number of hydrogen-bond donors (Lipinski definition) is 1. The Kier molecular flexibility index (Phi) is 2.55. The number of rotatable bonds is 1. The lowest BCUT2D eigenvalue weighted by Gasteiger charge is -2.15. The van der Waals surface area contributed by atoms with Gasteiger partial charge < -0.3 is 14.8 Å². The molecule has 4 nitrogen and oxygen atoms in total. The Morgan fingerprint density at radius 2 is 2.28 bits per heavy atom. The fourth-order valence-electron chi connectivity index (χ4n) is 2.13. The highest BCUT2D eigenvalue weighted by molar-refractivity contribution is 6.13. The monoisotopic (exact) mass is 243 g/mol. The van der Waals surface area contributed by atoms with Crippen LogP contribution in [0.25, 0.3) is 0 Å². The Labute approximate surface area is 105 Å². The van der Waals surface area contributed by atoms with E-state index in [1.165, 1.54) is 0 Å². The van der Waals surface area contributed by atoms with Gasteiger partial charge in [0.2, 0.25) is 0 Å². The van der Waals surface area contributed by atoms with E-state index in [9.17, 15) is 4.79 Å². The van der Waals surface area contributed by atoms with Crippen molar-refractivity contribution in [3.63, 3.8) is 0 Å².